The van der Waals surface area contributed by atoms with Gasteiger partial charge in [-0.2, -0.15) is 0 Å². The van der Waals surface area contributed by atoms with E-state index in [1.807, 2.05) is 24.0 Å². The van der Waals surface area contributed by atoms with Crippen LogP contribution in [0.25, 0.3) is 0 Å². The highest BCUT2D eigenvalue weighted by molar-refractivity contribution is 5.26. The van der Waals surface area contributed by atoms with E-state index >= 15 is 0 Å². The van der Waals surface area contributed by atoms with Crippen LogP contribution >= 0.6 is 0 Å². The molecule has 0 aliphatic rings. The zero-order valence-electron chi connectivity index (χ0n) is 8.75. The van der Waals surface area contributed by atoms with Gasteiger partial charge in [0.1, 0.15) is 0 Å². The standard InChI is InChI=1S/C10H19N3/c1-4-6-9(5-2)12-10-11-7-8-13(10)3/h7-9H,4-6H2,1-3H3,(H,11,12). The second kappa shape index (κ2) is 4.90. The number of nitrogens with zero attached hydrogens (tertiary/aromatic N) is 2. The van der Waals surface area contributed by atoms with E-state index in [2.05, 4.69) is 24.1 Å². The lowest BCUT2D eigenvalue weighted by atomic mass is 10.1. The molecule has 3 nitrogen and oxygen atoms in total. The molecule has 1 N–H and O–H groups in total. The summed E-state index contributed by atoms with van der Waals surface area (Å²) in [6, 6.07) is 0.561. The van der Waals surface area contributed by atoms with Crippen molar-refractivity contribution in [3.05, 3.63) is 12.4 Å². The number of anilines is 1. The van der Waals surface area contributed by atoms with E-state index in [4.69, 9.17) is 0 Å². The normalized spacial score (nSPS) is 12.8. The van der Waals surface area contributed by atoms with Crippen LogP contribution in [0.2, 0.25) is 0 Å². The van der Waals surface area contributed by atoms with Gasteiger partial charge in [0.15, 0.2) is 0 Å². The molecule has 0 saturated heterocycles. The number of aryl methyl sites for hydroxylation is 1. The molecule has 13 heavy (non-hydrogen) atoms. The van der Waals surface area contributed by atoms with Crippen LogP contribution < -0.4 is 5.32 Å². The highest BCUT2D eigenvalue weighted by Crippen LogP contribution is 2.09. The number of nitrogens with one attached hydrogen (secondary N) is 1. The molecule has 0 fully saturated rings. The first-order valence-electron chi connectivity index (χ1n) is 5.01. The Bertz CT molecular complexity index is 242. The molecular weight excluding hydrogens is 162 g/mol. The first kappa shape index (κ1) is 10.1. The van der Waals surface area contributed by atoms with E-state index in [-0.39, 0.29) is 0 Å². The van der Waals surface area contributed by atoms with E-state index < -0.39 is 0 Å². The van der Waals surface area contributed by atoms with E-state index in [0.29, 0.717) is 6.04 Å². The molecule has 0 bridgehead atoms. The number of hydrogen-bond donors (Lipinski definition) is 1. The fourth-order valence-corrected chi connectivity index (χ4v) is 1.41. The van der Waals surface area contributed by atoms with E-state index in [0.717, 1.165) is 12.4 Å². The Hall–Kier alpha value is -0.990. The van der Waals surface area contributed by atoms with Gasteiger partial charge < -0.3 is 9.88 Å². The zero-order valence-corrected chi connectivity index (χ0v) is 8.75. The molecule has 0 spiro atoms. The van der Waals surface area contributed by atoms with Crippen molar-refractivity contribution in [2.45, 2.75) is 39.2 Å². The zero-order chi connectivity index (χ0) is 9.68. The second-order valence-electron chi connectivity index (χ2n) is 3.40. The summed E-state index contributed by atoms with van der Waals surface area (Å²) in [4.78, 5) is 4.24. The minimum absolute atomic E-state index is 0.561. The smallest absolute Gasteiger partial charge is 0.202 e. The Morgan fingerprint density at radius 3 is 2.77 bits per heavy atom. The van der Waals surface area contributed by atoms with Gasteiger partial charge in [0.05, 0.1) is 0 Å². The largest absolute Gasteiger partial charge is 0.353 e. The predicted molar refractivity (Wildman–Crippen MR) is 55.8 cm³/mol. The minimum Gasteiger partial charge on any atom is -0.353 e. The summed E-state index contributed by atoms with van der Waals surface area (Å²) in [5.74, 6) is 0.973. The van der Waals surface area contributed by atoms with Crippen molar-refractivity contribution in [2.75, 3.05) is 5.32 Å². The van der Waals surface area contributed by atoms with E-state index in [1.165, 1.54) is 12.8 Å². The van der Waals surface area contributed by atoms with Crippen LogP contribution in [0, 0.1) is 0 Å². The number of rotatable bonds is 5. The Balaban J connectivity index is 2.51. The quantitative estimate of drug-likeness (QED) is 0.756. The Morgan fingerprint density at radius 2 is 2.31 bits per heavy atom. The molecule has 0 aliphatic carbocycles. The SMILES string of the molecule is CCCC(CC)Nc1nccn1C. The highest BCUT2D eigenvalue weighted by Gasteiger charge is 2.06. The maximum absolute atomic E-state index is 4.24. The molecule has 1 atom stereocenters. The number of aromatic nitrogens is 2. The molecule has 0 saturated carbocycles. The van der Waals surface area contributed by atoms with Gasteiger partial charge in [0, 0.05) is 25.5 Å². The third-order valence-corrected chi connectivity index (χ3v) is 2.28. The summed E-state index contributed by atoms with van der Waals surface area (Å²) in [5.41, 5.74) is 0. The fraction of sp³-hybridized carbons (Fsp3) is 0.700. The molecule has 1 heterocycles. The van der Waals surface area contributed by atoms with Crippen molar-refractivity contribution in [2.24, 2.45) is 7.05 Å². The van der Waals surface area contributed by atoms with Crippen LogP contribution in [0.4, 0.5) is 5.95 Å². The molecule has 0 radical (unpaired) electrons. The molecule has 1 unspecified atom stereocenters. The average Bonchev–Trinajstić information content (AvgIpc) is 2.51. The molecular formula is C10H19N3. The van der Waals surface area contributed by atoms with Crippen molar-refractivity contribution in [1.82, 2.24) is 9.55 Å². The van der Waals surface area contributed by atoms with E-state index in [1.54, 1.807) is 0 Å². The summed E-state index contributed by atoms with van der Waals surface area (Å²) < 4.78 is 2.01. The maximum Gasteiger partial charge on any atom is 0.202 e. The van der Waals surface area contributed by atoms with Gasteiger partial charge in [-0.3, -0.25) is 0 Å². The summed E-state index contributed by atoms with van der Waals surface area (Å²) in [5, 5.41) is 3.43. The van der Waals surface area contributed by atoms with Crippen LogP contribution in [0.1, 0.15) is 33.1 Å². The molecule has 0 amide bonds. The molecule has 0 aromatic carbocycles. The number of hydrogen-bond acceptors (Lipinski definition) is 2. The second-order valence-corrected chi connectivity index (χ2v) is 3.40. The maximum atomic E-state index is 4.24. The monoisotopic (exact) mass is 181 g/mol. The summed E-state index contributed by atoms with van der Waals surface area (Å²) in [6.45, 7) is 4.42. The van der Waals surface area contributed by atoms with E-state index in [9.17, 15) is 0 Å². The van der Waals surface area contributed by atoms with Crippen LogP contribution in [-0.2, 0) is 7.05 Å². The fourth-order valence-electron chi connectivity index (χ4n) is 1.41. The third-order valence-electron chi connectivity index (χ3n) is 2.28. The lowest BCUT2D eigenvalue weighted by Crippen LogP contribution is -2.20. The van der Waals surface area contributed by atoms with Crippen molar-refractivity contribution in [3.8, 4) is 0 Å². The van der Waals surface area contributed by atoms with Crippen molar-refractivity contribution >= 4 is 5.95 Å². The number of imidazole rings is 1. The van der Waals surface area contributed by atoms with Gasteiger partial charge >= 0.3 is 0 Å². The van der Waals surface area contributed by atoms with Crippen LogP contribution in [-0.4, -0.2) is 15.6 Å². The lowest BCUT2D eigenvalue weighted by Gasteiger charge is -2.16. The van der Waals surface area contributed by atoms with Gasteiger partial charge in [-0.15, -0.1) is 0 Å². The van der Waals surface area contributed by atoms with Gasteiger partial charge in [0.2, 0.25) is 5.95 Å². The van der Waals surface area contributed by atoms with Gasteiger partial charge in [-0.05, 0) is 12.8 Å². The third kappa shape index (κ3) is 2.76. The highest BCUT2D eigenvalue weighted by atomic mass is 15.2. The molecule has 0 aliphatic heterocycles. The van der Waals surface area contributed by atoms with Crippen LogP contribution in [0.5, 0.6) is 0 Å². The van der Waals surface area contributed by atoms with Crippen molar-refractivity contribution in [1.29, 1.82) is 0 Å². The summed E-state index contributed by atoms with van der Waals surface area (Å²) in [6.07, 6.45) is 7.36. The lowest BCUT2D eigenvalue weighted by molar-refractivity contribution is 0.614. The Labute approximate surface area is 80.2 Å². The van der Waals surface area contributed by atoms with Gasteiger partial charge in [0.25, 0.3) is 0 Å². The Kier molecular flexibility index (Phi) is 3.80. The van der Waals surface area contributed by atoms with Crippen LogP contribution in [0.3, 0.4) is 0 Å². The van der Waals surface area contributed by atoms with Crippen molar-refractivity contribution in [3.63, 3.8) is 0 Å². The average molecular weight is 181 g/mol. The van der Waals surface area contributed by atoms with Crippen molar-refractivity contribution < 1.29 is 0 Å². The first-order valence-corrected chi connectivity index (χ1v) is 5.01. The Morgan fingerprint density at radius 1 is 1.54 bits per heavy atom. The van der Waals surface area contributed by atoms with Gasteiger partial charge in [-0.1, -0.05) is 20.3 Å². The minimum atomic E-state index is 0.561. The van der Waals surface area contributed by atoms with Gasteiger partial charge in [-0.25, -0.2) is 4.98 Å². The molecule has 1 aromatic heterocycles. The summed E-state index contributed by atoms with van der Waals surface area (Å²) >= 11 is 0. The molecule has 3 heteroatoms. The predicted octanol–water partition coefficient (Wildman–Crippen LogP) is 2.41. The molecule has 1 rings (SSSR count). The topological polar surface area (TPSA) is 29.9 Å². The summed E-state index contributed by atoms with van der Waals surface area (Å²) in [7, 11) is 2.01. The molecule has 74 valence electrons. The molecule has 1 aromatic rings. The van der Waals surface area contributed by atoms with Crippen LogP contribution in [0.15, 0.2) is 12.4 Å². The first-order chi connectivity index (χ1) is 6.27.